The number of morpholine rings is 1. The molecule has 2 aromatic carbocycles. The Kier molecular flexibility index (Phi) is 5.49. The summed E-state index contributed by atoms with van der Waals surface area (Å²) in [5.74, 6) is 0.891. The number of hydrogen-bond donors (Lipinski definition) is 0. The van der Waals surface area contributed by atoms with E-state index in [0.717, 1.165) is 17.7 Å². The van der Waals surface area contributed by atoms with Crippen LogP contribution in [0.4, 0.5) is 0 Å². The van der Waals surface area contributed by atoms with Crippen LogP contribution in [0, 0.1) is 0 Å². The number of ether oxygens (including phenoxy) is 2. The average Bonchev–Trinajstić information content (AvgIpc) is 2.63. The maximum absolute atomic E-state index is 12.9. The monoisotopic (exact) mass is 325 g/mol. The Morgan fingerprint density at radius 1 is 1.17 bits per heavy atom. The zero-order chi connectivity index (χ0) is 16.8. The number of para-hydroxylation sites is 1. The molecule has 1 amide bonds. The van der Waals surface area contributed by atoms with Crippen molar-refractivity contribution in [2.45, 2.75) is 18.9 Å². The molecule has 0 bridgehead atoms. The van der Waals surface area contributed by atoms with Crippen LogP contribution in [0.3, 0.4) is 0 Å². The summed E-state index contributed by atoms with van der Waals surface area (Å²) >= 11 is 0. The molecule has 1 atom stereocenters. The Labute approximate surface area is 143 Å². The molecule has 0 N–H and O–H groups in total. The van der Waals surface area contributed by atoms with E-state index < -0.39 is 0 Å². The lowest BCUT2D eigenvalue weighted by Gasteiger charge is -2.36. The molecule has 4 nitrogen and oxygen atoms in total. The molecule has 1 fully saturated rings. The summed E-state index contributed by atoms with van der Waals surface area (Å²) in [5, 5.41) is 0. The summed E-state index contributed by atoms with van der Waals surface area (Å²) in [7, 11) is 1.64. The highest BCUT2D eigenvalue weighted by Crippen LogP contribution is 2.20. The normalized spacial score (nSPS) is 17.5. The van der Waals surface area contributed by atoms with E-state index in [1.807, 2.05) is 47.4 Å². The van der Waals surface area contributed by atoms with Gasteiger partial charge in [0.15, 0.2) is 0 Å². The van der Waals surface area contributed by atoms with Crippen LogP contribution < -0.4 is 4.74 Å². The van der Waals surface area contributed by atoms with Gasteiger partial charge in [-0.3, -0.25) is 4.79 Å². The maximum atomic E-state index is 12.9. The number of methoxy groups -OCH3 is 1. The fourth-order valence-corrected chi connectivity index (χ4v) is 3.15. The van der Waals surface area contributed by atoms with Crippen LogP contribution in [0.25, 0.3) is 0 Å². The lowest BCUT2D eigenvalue weighted by atomic mass is 10.0. The number of amides is 1. The fraction of sp³-hybridized carbons (Fsp3) is 0.350. The highest BCUT2D eigenvalue weighted by Gasteiger charge is 2.27. The molecule has 0 spiro atoms. The van der Waals surface area contributed by atoms with Crippen molar-refractivity contribution >= 4 is 5.91 Å². The van der Waals surface area contributed by atoms with Crippen molar-refractivity contribution in [2.24, 2.45) is 0 Å². The van der Waals surface area contributed by atoms with Crippen LogP contribution in [0.1, 0.15) is 11.1 Å². The molecule has 1 aliphatic rings. The van der Waals surface area contributed by atoms with Crippen molar-refractivity contribution in [3.05, 3.63) is 65.7 Å². The van der Waals surface area contributed by atoms with Crippen molar-refractivity contribution in [3.8, 4) is 5.75 Å². The van der Waals surface area contributed by atoms with Crippen molar-refractivity contribution in [3.63, 3.8) is 0 Å². The van der Waals surface area contributed by atoms with Crippen molar-refractivity contribution in [1.29, 1.82) is 0 Å². The zero-order valence-corrected chi connectivity index (χ0v) is 14.0. The second-order valence-corrected chi connectivity index (χ2v) is 5.99. The van der Waals surface area contributed by atoms with Gasteiger partial charge >= 0.3 is 0 Å². The summed E-state index contributed by atoms with van der Waals surface area (Å²) in [6.07, 6.45) is 1.17. The van der Waals surface area contributed by atoms with E-state index in [4.69, 9.17) is 9.47 Å². The summed E-state index contributed by atoms with van der Waals surface area (Å²) < 4.78 is 11.0. The molecule has 1 saturated heterocycles. The number of carbonyl (C=O) groups is 1. The van der Waals surface area contributed by atoms with E-state index in [-0.39, 0.29) is 11.9 Å². The van der Waals surface area contributed by atoms with Crippen LogP contribution in [-0.2, 0) is 22.4 Å². The minimum absolute atomic E-state index is 0.0864. The lowest BCUT2D eigenvalue weighted by Crippen LogP contribution is -2.50. The molecule has 4 heteroatoms. The molecule has 1 heterocycles. The Morgan fingerprint density at radius 3 is 2.71 bits per heavy atom. The molecule has 1 unspecified atom stereocenters. The first-order valence-electron chi connectivity index (χ1n) is 8.31. The smallest absolute Gasteiger partial charge is 0.227 e. The van der Waals surface area contributed by atoms with E-state index in [2.05, 4.69) is 12.1 Å². The van der Waals surface area contributed by atoms with Gasteiger partial charge in [0.25, 0.3) is 0 Å². The van der Waals surface area contributed by atoms with Gasteiger partial charge in [-0.1, -0.05) is 48.5 Å². The summed E-state index contributed by atoms with van der Waals surface area (Å²) in [6.45, 7) is 1.83. The average molecular weight is 325 g/mol. The van der Waals surface area contributed by atoms with Gasteiger partial charge < -0.3 is 14.4 Å². The first-order chi connectivity index (χ1) is 11.8. The van der Waals surface area contributed by atoms with Crippen molar-refractivity contribution in [2.75, 3.05) is 26.9 Å². The Balaban J connectivity index is 1.71. The van der Waals surface area contributed by atoms with Crippen molar-refractivity contribution < 1.29 is 14.3 Å². The second-order valence-electron chi connectivity index (χ2n) is 5.99. The lowest BCUT2D eigenvalue weighted by molar-refractivity contribution is -0.139. The summed E-state index contributed by atoms with van der Waals surface area (Å²) in [4.78, 5) is 14.8. The molecular weight excluding hydrogens is 302 g/mol. The van der Waals surface area contributed by atoms with Gasteiger partial charge in [0.2, 0.25) is 5.91 Å². The standard InChI is InChI=1S/C20H23NO3/c1-23-19-10-6-5-9-17(19)14-20(22)21-11-12-24-15-18(21)13-16-7-3-2-4-8-16/h2-10,18H,11-15H2,1H3. The molecule has 126 valence electrons. The van der Waals surface area contributed by atoms with E-state index >= 15 is 0 Å². The topological polar surface area (TPSA) is 38.8 Å². The Bertz CT molecular complexity index is 672. The maximum Gasteiger partial charge on any atom is 0.227 e. The summed E-state index contributed by atoms with van der Waals surface area (Å²) in [6, 6.07) is 18.0. The predicted molar refractivity (Wildman–Crippen MR) is 93.2 cm³/mol. The van der Waals surface area contributed by atoms with E-state index in [1.165, 1.54) is 5.56 Å². The molecule has 24 heavy (non-hydrogen) atoms. The summed E-state index contributed by atoms with van der Waals surface area (Å²) in [5.41, 5.74) is 2.15. The third kappa shape index (κ3) is 3.95. The van der Waals surface area contributed by atoms with Gasteiger partial charge in [0.05, 0.1) is 32.8 Å². The highest BCUT2D eigenvalue weighted by molar-refractivity contribution is 5.80. The van der Waals surface area contributed by atoms with Gasteiger partial charge in [-0.2, -0.15) is 0 Å². The highest BCUT2D eigenvalue weighted by atomic mass is 16.5. The number of rotatable bonds is 5. The van der Waals surface area contributed by atoms with Gasteiger partial charge in [0, 0.05) is 12.1 Å². The SMILES string of the molecule is COc1ccccc1CC(=O)N1CCOCC1Cc1ccccc1. The first kappa shape index (κ1) is 16.5. The zero-order valence-electron chi connectivity index (χ0n) is 14.0. The number of nitrogens with zero attached hydrogens (tertiary/aromatic N) is 1. The molecule has 0 aliphatic carbocycles. The predicted octanol–water partition coefficient (Wildman–Crippen LogP) is 2.71. The Morgan fingerprint density at radius 2 is 1.92 bits per heavy atom. The van der Waals surface area contributed by atoms with Crippen LogP contribution >= 0.6 is 0 Å². The number of benzene rings is 2. The van der Waals surface area contributed by atoms with Crippen LogP contribution in [0.5, 0.6) is 5.75 Å². The van der Waals surface area contributed by atoms with Crippen LogP contribution in [-0.4, -0.2) is 43.7 Å². The third-order valence-electron chi connectivity index (χ3n) is 4.40. The van der Waals surface area contributed by atoms with Gasteiger partial charge in [-0.05, 0) is 18.1 Å². The molecule has 2 aromatic rings. The first-order valence-corrected chi connectivity index (χ1v) is 8.31. The molecule has 0 saturated carbocycles. The van der Waals surface area contributed by atoms with Crippen LogP contribution in [0.15, 0.2) is 54.6 Å². The molecule has 1 aliphatic heterocycles. The third-order valence-corrected chi connectivity index (χ3v) is 4.40. The fourth-order valence-electron chi connectivity index (χ4n) is 3.15. The molecule has 3 rings (SSSR count). The molecule has 0 aromatic heterocycles. The second kappa shape index (κ2) is 7.97. The van der Waals surface area contributed by atoms with E-state index in [0.29, 0.717) is 26.2 Å². The van der Waals surface area contributed by atoms with E-state index in [1.54, 1.807) is 7.11 Å². The minimum Gasteiger partial charge on any atom is -0.496 e. The quantitative estimate of drug-likeness (QED) is 0.848. The van der Waals surface area contributed by atoms with Crippen molar-refractivity contribution in [1.82, 2.24) is 4.90 Å². The number of hydrogen-bond acceptors (Lipinski definition) is 3. The van der Waals surface area contributed by atoms with Gasteiger partial charge in [-0.25, -0.2) is 0 Å². The van der Waals surface area contributed by atoms with Gasteiger partial charge in [0.1, 0.15) is 5.75 Å². The van der Waals surface area contributed by atoms with Gasteiger partial charge in [-0.15, -0.1) is 0 Å². The van der Waals surface area contributed by atoms with E-state index in [9.17, 15) is 4.79 Å². The largest absolute Gasteiger partial charge is 0.496 e. The number of carbonyl (C=O) groups excluding carboxylic acids is 1. The Hall–Kier alpha value is -2.33. The minimum atomic E-state index is 0.0864. The van der Waals surface area contributed by atoms with Crippen LogP contribution in [0.2, 0.25) is 0 Å². The molecular formula is C20H23NO3. The molecule has 0 radical (unpaired) electrons.